The molecule has 1 aromatic carbocycles. The molecule has 1 amide bonds. The highest BCUT2D eigenvalue weighted by Crippen LogP contribution is 2.14. The summed E-state index contributed by atoms with van der Waals surface area (Å²) in [4.78, 5) is 21.7. The van der Waals surface area contributed by atoms with Crippen molar-refractivity contribution in [2.45, 2.75) is 4.90 Å². The Bertz CT molecular complexity index is 489. The van der Waals surface area contributed by atoms with Crippen LogP contribution in [0.3, 0.4) is 0 Å². The van der Waals surface area contributed by atoms with Gasteiger partial charge in [-0.15, -0.1) is 0 Å². The predicted molar refractivity (Wildman–Crippen MR) is 58.7 cm³/mol. The summed E-state index contributed by atoms with van der Waals surface area (Å²) in [6.45, 7) is 0. The Morgan fingerprint density at radius 3 is 2.65 bits per heavy atom. The molecule has 0 saturated carbocycles. The van der Waals surface area contributed by atoms with Gasteiger partial charge in [0.15, 0.2) is 0 Å². The number of hydrogen-bond donors (Lipinski definition) is 2. The maximum absolute atomic E-state index is 13.1. The van der Waals surface area contributed by atoms with Gasteiger partial charge >= 0.3 is 5.97 Å². The lowest BCUT2D eigenvalue weighted by atomic mass is 10.2. The Kier molecular flexibility index (Phi) is 4.33. The van der Waals surface area contributed by atoms with Gasteiger partial charge in [0.1, 0.15) is 11.6 Å². The van der Waals surface area contributed by atoms with Crippen molar-refractivity contribution in [1.29, 1.82) is 0 Å². The third kappa shape index (κ3) is 3.35. The monoisotopic (exact) mass is 259 g/mol. The summed E-state index contributed by atoms with van der Waals surface area (Å²) in [6.07, 6.45) is 0. The second-order valence-corrected chi connectivity index (χ2v) is 4.56. The summed E-state index contributed by atoms with van der Waals surface area (Å²) in [5.74, 6) is -3.08. The molecule has 0 aliphatic heterocycles. The van der Waals surface area contributed by atoms with Crippen molar-refractivity contribution in [3.63, 3.8) is 0 Å². The molecule has 0 spiro atoms. The van der Waals surface area contributed by atoms with Crippen molar-refractivity contribution in [3.8, 4) is 0 Å². The summed E-state index contributed by atoms with van der Waals surface area (Å²) in [5, 5.41) is 11.0. The molecule has 1 unspecified atom stereocenters. The van der Waals surface area contributed by atoms with Crippen molar-refractivity contribution < 1.29 is 23.3 Å². The number of nitrogens with one attached hydrogen (secondary N) is 1. The second-order valence-electron chi connectivity index (χ2n) is 3.11. The molecule has 17 heavy (non-hydrogen) atoms. The van der Waals surface area contributed by atoms with E-state index in [1.54, 1.807) is 0 Å². The molecule has 5 nitrogen and oxygen atoms in total. The van der Waals surface area contributed by atoms with Gasteiger partial charge in [-0.2, -0.15) is 0 Å². The summed E-state index contributed by atoms with van der Waals surface area (Å²) >= 11 is 0. The maximum atomic E-state index is 13.1. The average molecular weight is 259 g/mol. The van der Waals surface area contributed by atoms with Crippen molar-refractivity contribution in [2.75, 3.05) is 12.8 Å². The van der Waals surface area contributed by atoms with E-state index >= 15 is 0 Å². The van der Waals surface area contributed by atoms with E-state index in [1.807, 2.05) is 0 Å². The van der Waals surface area contributed by atoms with Gasteiger partial charge in [-0.05, 0) is 18.2 Å². The molecule has 2 N–H and O–H groups in total. The zero-order valence-corrected chi connectivity index (χ0v) is 9.71. The molecule has 0 bridgehead atoms. The topological polar surface area (TPSA) is 83.5 Å². The largest absolute Gasteiger partial charge is 0.478 e. The summed E-state index contributed by atoms with van der Waals surface area (Å²) in [5.41, 5.74) is -0.562. The predicted octanol–water partition coefficient (Wildman–Crippen LogP) is 0.377. The van der Waals surface area contributed by atoms with Crippen LogP contribution < -0.4 is 5.32 Å². The minimum Gasteiger partial charge on any atom is -0.478 e. The maximum Gasteiger partial charge on any atom is 0.338 e. The minimum absolute atomic E-state index is 0.104. The third-order valence-corrected chi connectivity index (χ3v) is 3.28. The Balaban J connectivity index is 3.00. The number of aromatic carboxylic acids is 1. The van der Waals surface area contributed by atoms with Crippen LogP contribution in [0.4, 0.5) is 4.39 Å². The first-order valence-electron chi connectivity index (χ1n) is 4.57. The van der Waals surface area contributed by atoms with Crippen LogP contribution in [-0.2, 0) is 15.6 Å². The van der Waals surface area contributed by atoms with Gasteiger partial charge in [0.05, 0.1) is 16.4 Å². The summed E-state index contributed by atoms with van der Waals surface area (Å²) in [7, 11) is -0.295. The second kappa shape index (κ2) is 5.53. The fourth-order valence-electron chi connectivity index (χ4n) is 1.08. The molecular weight excluding hydrogens is 249 g/mol. The highest BCUT2D eigenvalue weighted by atomic mass is 32.2. The number of carbonyl (C=O) groups is 2. The number of carboxylic acid groups (broad SMARTS) is 1. The lowest BCUT2D eigenvalue weighted by Gasteiger charge is -2.03. The molecule has 92 valence electrons. The molecule has 0 aliphatic rings. The van der Waals surface area contributed by atoms with Gasteiger partial charge in [0, 0.05) is 11.9 Å². The Morgan fingerprint density at radius 2 is 2.12 bits per heavy atom. The fraction of sp³-hybridized carbons (Fsp3) is 0.200. The first-order valence-corrected chi connectivity index (χ1v) is 5.89. The standard InChI is InChI=1S/C10H10FNO4S/c1-12-9(13)5-17(16)6-2-3-8(11)7(4-6)10(14)15/h2-4H,5H2,1H3,(H,12,13)(H,14,15). The van der Waals surface area contributed by atoms with E-state index in [2.05, 4.69) is 5.32 Å². The number of carboxylic acids is 1. The Hall–Kier alpha value is -1.76. The van der Waals surface area contributed by atoms with Crippen LogP contribution in [0, 0.1) is 5.82 Å². The van der Waals surface area contributed by atoms with E-state index in [0.717, 1.165) is 12.1 Å². The normalized spacial score (nSPS) is 11.9. The average Bonchev–Trinajstić information content (AvgIpc) is 2.28. The van der Waals surface area contributed by atoms with Crippen LogP contribution in [0.2, 0.25) is 0 Å². The molecule has 1 atom stereocenters. The van der Waals surface area contributed by atoms with Crippen molar-refractivity contribution >= 4 is 22.7 Å². The number of benzene rings is 1. The molecule has 0 aromatic heterocycles. The van der Waals surface area contributed by atoms with Crippen LogP contribution in [0.25, 0.3) is 0 Å². The minimum atomic E-state index is -1.69. The third-order valence-electron chi connectivity index (χ3n) is 1.97. The summed E-state index contributed by atoms with van der Waals surface area (Å²) < 4.78 is 24.7. The highest BCUT2D eigenvalue weighted by molar-refractivity contribution is 7.85. The van der Waals surface area contributed by atoms with E-state index in [0.29, 0.717) is 0 Å². The molecule has 7 heteroatoms. The molecule has 0 saturated heterocycles. The first-order chi connectivity index (χ1) is 7.95. The molecule has 0 aliphatic carbocycles. The summed E-state index contributed by atoms with van der Waals surface area (Å²) in [6, 6.07) is 3.08. The zero-order chi connectivity index (χ0) is 13.0. The SMILES string of the molecule is CNC(=O)CS(=O)c1ccc(F)c(C(=O)O)c1. The lowest BCUT2D eigenvalue weighted by molar-refractivity contribution is -0.118. The van der Waals surface area contributed by atoms with E-state index in [9.17, 15) is 18.2 Å². The van der Waals surface area contributed by atoms with E-state index in [-0.39, 0.29) is 10.6 Å². The number of carbonyl (C=O) groups excluding carboxylic acids is 1. The first kappa shape index (κ1) is 13.3. The van der Waals surface area contributed by atoms with Crippen LogP contribution >= 0.6 is 0 Å². The fourth-order valence-corrected chi connectivity index (χ4v) is 2.10. The van der Waals surface area contributed by atoms with Crippen LogP contribution in [0.5, 0.6) is 0 Å². The van der Waals surface area contributed by atoms with Crippen molar-refractivity contribution in [1.82, 2.24) is 5.32 Å². The zero-order valence-electron chi connectivity index (χ0n) is 8.90. The highest BCUT2D eigenvalue weighted by Gasteiger charge is 2.15. The number of amides is 1. The van der Waals surface area contributed by atoms with E-state index < -0.39 is 34.1 Å². The molecule has 1 aromatic rings. The van der Waals surface area contributed by atoms with Crippen molar-refractivity contribution in [3.05, 3.63) is 29.6 Å². The van der Waals surface area contributed by atoms with Gasteiger partial charge in [-0.3, -0.25) is 9.00 Å². The van der Waals surface area contributed by atoms with Crippen LogP contribution in [0.1, 0.15) is 10.4 Å². The van der Waals surface area contributed by atoms with Gasteiger partial charge in [-0.1, -0.05) is 0 Å². The molecule has 1 rings (SSSR count). The van der Waals surface area contributed by atoms with Crippen LogP contribution in [0.15, 0.2) is 23.1 Å². The number of halogens is 1. The number of rotatable bonds is 4. The van der Waals surface area contributed by atoms with Crippen LogP contribution in [-0.4, -0.2) is 34.0 Å². The molecular formula is C10H10FNO4S. The van der Waals surface area contributed by atoms with E-state index in [1.165, 1.54) is 13.1 Å². The quantitative estimate of drug-likeness (QED) is 0.818. The van der Waals surface area contributed by atoms with E-state index in [4.69, 9.17) is 5.11 Å². The van der Waals surface area contributed by atoms with Gasteiger partial charge < -0.3 is 10.4 Å². The smallest absolute Gasteiger partial charge is 0.338 e. The Morgan fingerprint density at radius 1 is 1.47 bits per heavy atom. The van der Waals surface area contributed by atoms with Gasteiger partial charge in [0.2, 0.25) is 5.91 Å². The molecule has 0 heterocycles. The molecule has 0 fully saturated rings. The van der Waals surface area contributed by atoms with Gasteiger partial charge in [-0.25, -0.2) is 9.18 Å². The van der Waals surface area contributed by atoms with Gasteiger partial charge in [0.25, 0.3) is 0 Å². The Labute approximate surface area is 99.1 Å². The number of hydrogen-bond acceptors (Lipinski definition) is 3. The molecule has 0 radical (unpaired) electrons. The lowest BCUT2D eigenvalue weighted by Crippen LogP contribution is -2.24. The van der Waals surface area contributed by atoms with Crippen molar-refractivity contribution in [2.24, 2.45) is 0 Å².